The number of nitrogens with zero attached hydrogens (tertiary/aromatic N) is 1. The summed E-state index contributed by atoms with van der Waals surface area (Å²) in [6.07, 6.45) is 1.94. The van der Waals surface area contributed by atoms with Crippen molar-refractivity contribution >= 4 is 10.9 Å². The van der Waals surface area contributed by atoms with E-state index in [0.717, 1.165) is 5.52 Å². The van der Waals surface area contributed by atoms with Crippen molar-refractivity contribution < 1.29 is 4.74 Å². The first-order chi connectivity index (χ1) is 8.27. The number of rotatable bonds is 4. The Kier molecular flexibility index (Phi) is 3.71. The molecule has 0 fully saturated rings. The molecule has 0 aliphatic rings. The first-order valence-electron chi connectivity index (χ1n) is 5.81. The Labute approximate surface area is 102 Å². The molecule has 1 aromatic heterocycles. The molecule has 3 heteroatoms. The number of aromatic nitrogens is 1. The Bertz CT molecular complexity index is 493. The van der Waals surface area contributed by atoms with E-state index in [-0.39, 0.29) is 12.1 Å². The van der Waals surface area contributed by atoms with Gasteiger partial charge in [0.15, 0.2) is 0 Å². The standard InChI is InChI=1S/C14H18N2O/c1-10(17-3)14(15-2)12-6-4-8-13-11(12)7-5-9-16-13/h4-10,14-15H,1-3H3. The zero-order valence-electron chi connectivity index (χ0n) is 10.5. The lowest BCUT2D eigenvalue weighted by Crippen LogP contribution is -2.28. The lowest BCUT2D eigenvalue weighted by molar-refractivity contribution is 0.0861. The van der Waals surface area contributed by atoms with Gasteiger partial charge in [0, 0.05) is 18.7 Å². The average Bonchev–Trinajstić information content (AvgIpc) is 2.39. The molecule has 2 aromatic rings. The minimum atomic E-state index is 0.116. The molecule has 1 N–H and O–H groups in total. The van der Waals surface area contributed by atoms with Gasteiger partial charge in [0.05, 0.1) is 17.7 Å². The summed E-state index contributed by atoms with van der Waals surface area (Å²) < 4.78 is 5.42. The Morgan fingerprint density at radius 1 is 1.24 bits per heavy atom. The molecule has 1 heterocycles. The van der Waals surface area contributed by atoms with Gasteiger partial charge in [0.2, 0.25) is 0 Å². The van der Waals surface area contributed by atoms with Gasteiger partial charge < -0.3 is 10.1 Å². The van der Waals surface area contributed by atoms with Crippen molar-refractivity contribution in [1.29, 1.82) is 0 Å². The Morgan fingerprint density at radius 2 is 2.06 bits per heavy atom. The number of ether oxygens (including phenoxy) is 1. The summed E-state index contributed by atoms with van der Waals surface area (Å²) in [5.74, 6) is 0. The molecule has 17 heavy (non-hydrogen) atoms. The van der Waals surface area contributed by atoms with Crippen LogP contribution in [-0.2, 0) is 4.74 Å². The highest BCUT2D eigenvalue weighted by atomic mass is 16.5. The van der Waals surface area contributed by atoms with E-state index in [1.54, 1.807) is 7.11 Å². The van der Waals surface area contributed by atoms with E-state index in [1.807, 2.05) is 31.4 Å². The summed E-state index contributed by atoms with van der Waals surface area (Å²) >= 11 is 0. The van der Waals surface area contributed by atoms with Crippen molar-refractivity contribution in [2.45, 2.75) is 19.1 Å². The van der Waals surface area contributed by atoms with Crippen LogP contribution in [0.4, 0.5) is 0 Å². The van der Waals surface area contributed by atoms with Crippen LogP contribution in [0.15, 0.2) is 36.5 Å². The minimum absolute atomic E-state index is 0.116. The number of methoxy groups -OCH3 is 1. The van der Waals surface area contributed by atoms with Crippen LogP contribution in [0.25, 0.3) is 10.9 Å². The van der Waals surface area contributed by atoms with Gasteiger partial charge in [0.25, 0.3) is 0 Å². The molecule has 3 nitrogen and oxygen atoms in total. The molecule has 1 aromatic carbocycles. The van der Waals surface area contributed by atoms with Gasteiger partial charge in [-0.05, 0) is 31.7 Å². The molecular formula is C14H18N2O. The first kappa shape index (κ1) is 12.0. The summed E-state index contributed by atoms with van der Waals surface area (Å²) in [4.78, 5) is 4.38. The van der Waals surface area contributed by atoms with Gasteiger partial charge in [-0.1, -0.05) is 18.2 Å². The predicted molar refractivity (Wildman–Crippen MR) is 70.0 cm³/mol. The van der Waals surface area contributed by atoms with Crippen LogP contribution < -0.4 is 5.32 Å². The molecule has 0 bridgehead atoms. The summed E-state index contributed by atoms with van der Waals surface area (Å²) in [5, 5.41) is 4.49. The lowest BCUT2D eigenvalue weighted by Gasteiger charge is -2.23. The van der Waals surface area contributed by atoms with E-state index < -0.39 is 0 Å². The second-order valence-electron chi connectivity index (χ2n) is 4.12. The summed E-state index contributed by atoms with van der Waals surface area (Å²) in [7, 11) is 3.69. The number of likely N-dealkylation sites (N-methyl/N-ethyl adjacent to an activating group) is 1. The second kappa shape index (κ2) is 5.25. The van der Waals surface area contributed by atoms with Gasteiger partial charge >= 0.3 is 0 Å². The zero-order chi connectivity index (χ0) is 12.3. The minimum Gasteiger partial charge on any atom is -0.380 e. The SMILES string of the molecule is CNC(c1cccc2ncccc12)C(C)OC. The van der Waals surface area contributed by atoms with E-state index in [1.165, 1.54) is 10.9 Å². The number of fused-ring (bicyclic) bond motifs is 1. The number of benzene rings is 1. The maximum atomic E-state index is 5.42. The number of nitrogens with one attached hydrogen (secondary N) is 1. The fourth-order valence-electron chi connectivity index (χ4n) is 2.18. The van der Waals surface area contributed by atoms with E-state index in [9.17, 15) is 0 Å². The van der Waals surface area contributed by atoms with Crippen molar-refractivity contribution in [3.05, 3.63) is 42.1 Å². The Morgan fingerprint density at radius 3 is 2.76 bits per heavy atom. The molecule has 0 aliphatic heterocycles. The molecule has 0 amide bonds. The van der Waals surface area contributed by atoms with Crippen molar-refractivity contribution in [3.8, 4) is 0 Å². The molecule has 0 radical (unpaired) electrons. The molecule has 0 saturated heterocycles. The summed E-state index contributed by atoms with van der Waals surface area (Å²) in [6.45, 7) is 2.07. The van der Waals surface area contributed by atoms with E-state index in [4.69, 9.17) is 4.74 Å². The van der Waals surface area contributed by atoms with Crippen LogP contribution in [0, 0.1) is 0 Å². The predicted octanol–water partition coefficient (Wildman–Crippen LogP) is 2.53. The van der Waals surface area contributed by atoms with E-state index in [2.05, 4.69) is 29.4 Å². The fraction of sp³-hybridized carbons (Fsp3) is 0.357. The van der Waals surface area contributed by atoms with Crippen LogP contribution in [0.2, 0.25) is 0 Å². The molecule has 0 aliphatic carbocycles. The van der Waals surface area contributed by atoms with E-state index >= 15 is 0 Å². The maximum absolute atomic E-state index is 5.42. The molecule has 2 unspecified atom stereocenters. The van der Waals surface area contributed by atoms with Gasteiger partial charge in [-0.3, -0.25) is 4.98 Å². The highest BCUT2D eigenvalue weighted by Gasteiger charge is 2.18. The third-order valence-electron chi connectivity index (χ3n) is 3.17. The normalized spacial score (nSPS) is 14.8. The molecular weight excluding hydrogens is 212 g/mol. The van der Waals surface area contributed by atoms with Gasteiger partial charge in [0.1, 0.15) is 0 Å². The van der Waals surface area contributed by atoms with Crippen LogP contribution in [0.3, 0.4) is 0 Å². The van der Waals surface area contributed by atoms with Crippen molar-refractivity contribution in [1.82, 2.24) is 10.3 Å². The maximum Gasteiger partial charge on any atom is 0.0738 e. The monoisotopic (exact) mass is 230 g/mol. The van der Waals surface area contributed by atoms with Crippen molar-refractivity contribution in [2.75, 3.05) is 14.2 Å². The summed E-state index contributed by atoms with van der Waals surface area (Å²) in [6, 6.07) is 10.4. The molecule has 2 rings (SSSR count). The molecule has 0 saturated carbocycles. The Balaban J connectivity index is 2.53. The van der Waals surface area contributed by atoms with Crippen molar-refractivity contribution in [2.24, 2.45) is 0 Å². The van der Waals surface area contributed by atoms with Gasteiger partial charge in [-0.2, -0.15) is 0 Å². The quantitative estimate of drug-likeness (QED) is 0.876. The fourth-order valence-corrected chi connectivity index (χ4v) is 2.18. The highest BCUT2D eigenvalue weighted by molar-refractivity contribution is 5.82. The van der Waals surface area contributed by atoms with Crippen molar-refractivity contribution in [3.63, 3.8) is 0 Å². The average molecular weight is 230 g/mol. The number of hydrogen-bond donors (Lipinski definition) is 1. The van der Waals surface area contributed by atoms with Gasteiger partial charge in [-0.25, -0.2) is 0 Å². The third-order valence-corrected chi connectivity index (χ3v) is 3.17. The zero-order valence-corrected chi connectivity index (χ0v) is 10.5. The van der Waals surface area contributed by atoms with Crippen LogP contribution in [-0.4, -0.2) is 25.2 Å². The lowest BCUT2D eigenvalue weighted by atomic mass is 9.98. The van der Waals surface area contributed by atoms with Crippen LogP contribution in [0.1, 0.15) is 18.5 Å². The third kappa shape index (κ3) is 2.30. The van der Waals surface area contributed by atoms with Crippen LogP contribution >= 0.6 is 0 Å². The smallest absolute Gasteiger partial charge is 0.0738 e. The molecule has 2 atom stereocenters. The first-order valence-corrected chi connectivity index (χ1v) is 5.81. The molecule has 90 valence electrons. The second-order valence-corrected chi connectivity index (χ2v) is 4.12. The number of pyridine rings is 1. The summed E-state index contributed by atoms with van der Waals surface area (Å²) in [5.41, 5.74) is 2.25. The molecule has 0 spiro atoms. The topological polar surface area (TPSA) is 34.2 Å². The largest absolute Gasteiger partial charge is 0.380 e. The Hall–Kier alpha value is -1.45. The number of hydrogen-bond acceptors (Lipinski definition) is 3. The van der Waals surface area contributed by atoms with Crippen LogP contribution in [0.5, 0.6) is 0 Å². The van der Waals surface area contributed by atoms with Gasteiger partial charge in [-0.15, -0.1) is 0 Å². The van der Waals surface area contributed by atoms with E-state index in [0.29, 0.717) is 0 Å². The highest BCUT2D eigenvalue weighted by Crippen LogP contribution is 2.25.